The largest absolute Gasteiger partial charge is 0.346 e. The van der Waals surface area contributed by atoms with E-state index in [1.165, 1.54) is 12.8 Å². The van der Waals surface area contributed by atoms with Crippen molar-refractivity contribution >= 4 is 5.91 Å². The Bertz CT molecular complexity index is 742. The second kappa shape index (κ2) is 7.58. The van der Waals surface area contributed by atoms with E-state index in [0.29, 0.717) is 5.56 Å². The molecule has 0 unspecified atom stereocenters. The van der Waals surface area contributed by atoms with Gasteiger partial charge in [-0.15, -0.1) is 0 Å². The lowest BCUT2D eigenvalue weighted by Crippen LogP contribution is -2.50. The normalized spacial score (nSPS) is 15.6. The zero-order valence-corrected chi connectivity index (χ0v) is 16.2. The minimum atomic E-state index is -0.252. The first-order valence-electron chi connectivity index (χ1n) is 9.40. The van der Waals surface area contributed by atoms with Crippen molar-refractivity contribution in [1.82, 2.24) is 25.0 Å². The van der Waals surface area contributed by atoms with Gasteiger partial charge in [0.1, 0.15) is 6.33 Å². The molecule has 0 bridgehead atoms. The Hall–Kier alpha value is -2.21. The van der Waals surface area contributed by atoms with Crippen molar-refractivity contribution in [2.45, 2.75) is 52.1 Å². The molecule has 0 spiro atoms. The first-order valence-corrected chi connectivity index (χ1v) is 9.40. The summed E-state index contributed by atoms with van der Waals surface area (Å²) < 4.78 is 1.88. The summed E-state index contributed by atoms with van der Waals surface area (Å²) in [6, 6.07) is 7.82. The molecule has 6 heteroatoms. The highest BCUT2D eigenvalue weighted by Crippen LogP contribution is 2.20. The van der Waals surface area contributed by atoms with E-state index in [-0.39, 0.29) is 17.5 Å². The molecule has 1 aliphatic rings. The Morgan fingerprint density at radius 3 is 2.46 bits per heavy atom. The number of carbonyl (C=O) groups is 1. The lowest BCUT2D eigenvalue weighted by Gasteiger charge is -2.31. The molecule has 1 aromatic heterocycles. The number of aromatic nitrogens is 3. The fourth-order valence-corrected chi connectivity index (χ4v) is 3.52. The van der Waals surface area contributed by atoms with E-state index in [2.05, 4.69) is 48.0 Å². The predicted octanol–water partition coefficient (Wildman–Crippen LogP) is 3.13. The summed E-state index contributed by atoms with van der Waals surface area (Å²) in [5, 5.41) is 7.44. The molecule has 0 aliphatic carbocycles. The summed E-state index contributed by atoms with van der Waals surface area (Å²) in [5.41, 5.74) is 1.38. The monoisotopic (exact) mass is 355 g/mol. The minimum Gasteiger partial charge on any atom is -0.346 e. The van der Waals surface area contributed by atoms with E-state index in [0.717, 1.165) is 31.0 Å². The van der Waals surface area contributed by atoms with Crippen LogP contribution in [0.25, 0.3) is 11.4 Å². The van der Waals surface area contributed by atoms with Gasteiger partial charge in [-0.1, -0.05) is 12.1 Å². The summed E-state index contributed by atoms with van der Waals surface area (Å²) >= 11 is 0. The molecule has 1 saturated heterocycles. The second-order valence-electron chi connectivity index (χ2n) is 8.02. The fourth-order valence-electron chi connectivity index (χ4n) is 3.52. The zero-order chi connectivity index (χ0) is 18.7. The first-order chi connectivity index (χ1) is 12.4. The van der Waals surface area contributed by atoms with Crippen molar-refractivity contribution in [3.05, 3.63) is 36.2 Å². The van der Waals surface area contributed by atoms with Crippen LogP contribution in [0.1, 0.15) is 56.9 Å². The Labute approximate surface area is 155 Å². The van der Waals surface area contributed by atoms with Crippen LogP contribution < -0.4 is 5.32 Å². The molecule has 2 heterocycles. The number of hydrogen-bond acceptors (Lipinski definition) is 4. The molecular weight excluding hydrogens is 326 g/mol. The lowest BCUT2D eigenvalue weighted by molar-refractivity contribution is 0.0894. The molecule has 26 heavy (non-hydrogen) atoms. The molecule has 1 fully saturated rings. The van der Waals surface area contributed by atoms with Gasteiger partial charge in [0.05, 0.1) is 0 Å². The molecule has 3 rings (SSSR count). The van der Waals surface area contributed by atoms with Crippen molar-refractivity contribution in [2.24, 2.45) is 0 Å². The van der Waals surface area contributed by atoms with Crippen molar-refractivity contribution in [2.75, 3.05) is 19.6 Å². The molecule has 1 amide bonds. The average molecular weight is 355 g/mol. The molecule has 1 N–H and O–H groups in total. The number of rotatable bonds is 6. The van der Waals surface area contributed by atoms with Crippen LogP contribution in [-0.4, -0.2) is 50.7 Å². The van der Waals surface area contributed by atoms with Gasteiger partial charge in [0, 0.05) is 29.3 Å². The van der Waals surface area contributed by atoms with E-state index in [4.69, 9.17) is 0 Å². The zero-order valence-electron chi connectivity index (χ0n) is 16.2. The molecule has 6 nitrogen and oxygen atoms in total. The fraction of sp³-hybridized carbons (Fsp3) is 0.550. The highest BCUT2D eigenvalue weighted by Gasteiger charge is 2.25. The van der Waals surface area contributed by atoms with Crippen molar-refractivity contribution in [3.8, 4) is 11.4 Å². The third-order valence-corrected chi connectivity index (χ3v) is 4.74. The van der Waals surface area contributed by atoms with E-state index in [1.54, 1.807) is 6.33 Å². The van der Waals surface area contributed by atoms with Crippen molar-refractivity contribution < 1.29 is 4.79 Å². The smallest absolute Gasteiger partial charge is 0.251 e. The Balaban J connectivity index is 1.67. The van der Waals surface area contributed by atoms with E-state index >= 15 is 0 Å². The first kappa shape index (κ1) is 18.6. The van der Waals surface area contributed by atoms with Gasteiger partial charge in [-0.25, -0.2) is 9.67 Å². The maximum atomic E-state index is 12.6. The highest BCUT2D eigenvalue weighted by molar-refractivity contribution is 5.95. The summed E-state index contributed by atoms with van der Waals surface area (Å²) in [7, 11) is 0. The Morgan fingerprint density at radius 2 is 1.85 bits per heavy atom. The number of amides is 1. The molecule has 0 radical (unpaired) electrons. The number of hydrogen-bond donors (Lipinski definition) is 1. The van der Waals surface area contributed by atoms with Crippen LogP contribution in [0.3, 0.4) is 0 Å². The molecule has 1 aromatic carbocycles. The Morgan fingerprint density at radius 1 is 1.19 bits per heavy atom. The van der Waals surface area contributed by atoms with Crippen LogP contribution in [0.2, 0.25) is 0 Å². The Kier molecular flexibility index (Phi) is 5.41. The summed E-state index contributed by atoms with van der Waals surface area (Å²) in [6.45, 7) is 11.5. The third kappa shape index (κ3) is 4.30. The number of nitrogens with zero attached hydrogens (tertiary/aromatic N) is 4. The number of carbonyl (C=O) groups excluding carboxylic acids is 1. The average Bonchev–Trinajstić information content (AvgIpc) is 3.25. The molecule has 0 saturated carbocycles. The van der Waals surface area contributed by atoms with Gasteiger partial charge < -0.3 is 10.2 Å². The SMILES string of the molecule is CC(C)n1ncnc1-c1ccc(C(=O)NC(C)(C)CN2CCCC2)cc1. The van der Waals surface area contributed by atoms with E-state index < -0.39 is 0 Å². The molecular formula is C20H29N5O. The third-order valence-electron chi connectivity index (χ3n) is 4.74. The van der Waals surface area contributed by atoms with Crippen molar-refractivity contribution in [1.29, 1.82) is 0 Å². The number of benzene rings is 1. The summed E-state index contributed by atoms with van der Waals surface area (Å²) in [6.07, 6.45) is 4.08. The van der Waals surface area contributed by atoms with Gasteiger partial charge >= 0.3 is 0 Å². The van der Waals surface area contributed by atoms with E-state index in [1.807, 2.05) is 28.9 Å². The summed E-state index contributed by atoms with van der Waals surface area (Å²) in [5.74, 6) is 0.785. The van der Waals surface area contributed by atoms with Gasteiger partial charge in [-0.05, 0) is 65.8 Å². The van der Waals surface area contributed by atoms with Crippen LogP contribution in [0.5, 0.6) is 0 Å². The van der Waals surface area contributed by atoms with Crippen molar-refractivity contribution in [3.63, 3.8) is 0 Å². The number of likely N-dealkylation sites (tertiary alicyclic amines) is 1. The molecule has 0 atom stereocenters. The van der Waals surface area contributed by atoms with E-state index in [9.17, 15) is 4.79 Å². The lowest BCUT2D eigenvalue weighted by atomic mass is 10.0. The maximum Gasteiger partial charge on any atom is 0.251 e. The van der Waals surface area contributed by atoms with Crippen LogP contribution in [0.4, 0.5) is 0 Å². The quantitative estimate of drug-likeness (QED) is 0.865. The summed E-state index contributed by atoms with van der Waals surface area (Å²) in [4.78, 5) is 19.4. The molecule has 2 aromatic rings. The number of nitrogens with one attached hydrogen (secondary N) is 1. The minimum absolute atomic E-state index is 0.0360. The van der Waals surface area contributed by atoms with Gasteiger partial charge in [-0.2, -0.15) is 5.10 Å². The van der Waals surface area contributed by atoms with Gasteiger partial charge in [-0.3, -0.25) is 4.79 Å². The van der Waals surface area contributed by atoms with Gasteiger partial charge in [0.15, 0.2) is 5.82 Å². The molecule has 1 aliphatic heterocycles. The van der Waals surface area contributed by atoms with Crippen LogP contribution in [0.15, 0.2) is 30.6 Å². The molecule has 140 valence electrons. The van der Waals surface area contributed by atoms with Gasteiger partial charge in [0.2, 0.25) is 0 Å². The topological polar surface area (TPSA) is 63.1 Å². The maximum absolute atomic E-state index is 12.6. The predicted molar refractivity (Wildman–Crippen MR) is 103 cm³/mol. The second-order valence-corrected chi connectivity index (χ2v) is 8.02. The van der Waals surface area contributed by atoms with Crippen LogP contribution in [0, 0.1) is 0 Å². The highest BCUT2D eigenvalue weighted by atomic mass is 16.1. The van der Waals surface area contributed by atoms with Gasteiger partial charge in [0.25, 0.3) is 5.91 Å². The van der Waals surface area contributed by atoms with Crippen LogP contribution in [-0.2, 0) is 0 Å². The standard InChI is InChI=1S/C20H29N5O/c1-15(2)25-18(21-14-22-25)16-7-9-17(10-8-16)19(26)23-20(3,4)13-24-11-5-6-12-24/h7-10,14-15H,5-6,11-13H2,1-4H3,(H,23,26). The van der Waals surface area contributed by atoms with Crippen LogP contribution >= 0.6 is 0 Å².